The first-order valence-corrected chi connectivity index (χ1v) is 10.3. The summed E-state index contributed by atoms with van der Waals surface area (Å²) in [5.74, 6) is 1.71. The monoisotopic (exact) mass is 511 g/mol. The van der Waals surface area contributed by atoms with Crippen LogP contribution in [0.3, 0.4) is 0 Å². The fourth-order valence-corrected chi connectivity index (χ4v) is 3.19. The molecule has 2 aromatic rings. The van der Waals surface area contributed by atoms with Crippen LogP contribution in [0.25, 0.3) is 5.69 Å². The molecule has 0 bridgehead atoms. The lowest BCUT2D eigenvalue weighted by molar-refractivity contribution is 0.115. The molecular weight excluding hydrogens is 477 g/mol. The second-order valence-corrected chi connectivity index (χ2v) is 7.51. The first kappa shape index (κ1) is 23.7. The van der Waals surface area contributed by atoms with E-state index in [9.17, 15) is 0 Å². The van der Waals surface area contributed by atoms with Gasteiger partial charge in [-0.25, -0.2) is 9.67 Å². The number of hydrogen-bond acceptors (Lipinski definition) is 3. The third kappa shape index (κ3) is 6.70. The molecule has 1 fully saturated rings. The van der Waals surface area contributed by atoms with E-state index in [1.165, 1.54) is 18.4 Å². The van der Waals surface area contributed by atoms with Crippen LogP contribution in [0, 0.1) is 19.8 Å². The highest BCUT2D eigenvalue weighted by Gasteiger charge is 2.21. The predicted molar refractivity (Wildman–Crippen MR) is 129 cm³/mol. The lowest BCUT2D eigenvalue weighted by Gasteiger charge is -2.22. The Kier molecular flexibility index (Phi) is 9.42. The molecule has 1 aromatic carbocycles. The van der Waals surface area contributed by atoms with Gasteiger partial charge in [-0.05, 0) is 51.7 Å². The Morgan fingerprint density at radius 3 is 2.66 bits per heavy atom. The molecule has 3 rings (SSSR count). The van der Waals surface area contributed by atoms with Crippen molar-refractivity contribution < 1.29 is 4.74 Å². The Hall–Kier alpha value is -1.61. The van der Waals surface area contributed by atoms with E-state index in [4.69, 9.17) is 14.8 Å². The fraction of sp³-hybridized carbons (Fsp3) is 0.545. The number of ether oxygens (including phenoxy) is 1. The van der Waals surface area contributed by atoms with Crippen molar-refractivity contribution in [2.24, 2.45) is 10.9 Å². The molecule has 0 spiro atoms. The molecule has 6 nitrogen and oxygen atoms in total. The Balaban J connectivity index is 0.00000300. The molecule has 0 saturated heterocycles. The molecule has 1 N–H and O–H groups in total. The number of rotatable bonds is 9. The molecule has 0 radical (unpaired) electrons. The van der Waals surface area contributed by atoms with Crippen LogP contribution in [0.1, 0.15) is 36.7 Å². The van der Waals surface area contributed by atoms with E-state index in [0.29, 0.717) is 6.54 Å². The Bertz CT molecular complexity index is 786. The number of likely N-dealkylation sites (N-methyl/N-ethyl adjacent to an activating group) is 1. The van der Waals surface area contributed by atoms with Gasteiger partial charge in [0, 0.05) is 38.0 Å². The minimum absolute atomic E-state index is 0. The van der Waals surface area contributed by atoms with Crippen LogP contribution >= 0.6 is 24.0 Å². The highest BCUT2D eigenvalue weighted by molar-refractivity contribution is 14.0. The molecule has 1 aliphatic rings. The smallest absolute Gasteiger partial charge is 0.194 e. The van der Waals surface area contributed by atoms with Gasteiger partial charge in [0.15, 0.2) is 5.96 Å². The molecule has 1 heterocycles. The number of aromatic nitrogens is 2. The summed E-state index contributed by atoms with van der Waals surface area (Å²) in [6.07, 6.45) is 2.66. The van der Waals surface area contributed by atoms with Gasteiger partial charge in [0.05, 0.1) is 24.5 Å². The van der Waals surface area contributed by atoms with Gasteiger partial charge in [0.1, 0.15) is 0 Å². The van der Waals surface area contributed by atoms with Crippen LogP contribution < -0.4 is 5.32 Å². The zero-order valence-electron chi connectivity index (χ0n) is 18.0. The molecule has 1 aliphatic carbocycles. The average molecular weight is 511 g/mol. The number of para-hydroxylation sites is 1. The average Bonchev–Trinajstić information content (AvgIpc) is 3.48. The van der Waals surface area contributed by atoms with Gasteiger partial charge in [-0.1, -0.05) is 18.2 Å². The van der Waals surface area contributed by atoms with Gasteiger partial charge in [0.2, 0.25) is 0 Å². The van der Waals surface area contributed by atoms with E-state index in [0.717, 1.165) is 55.3 Å². The van der Waals surface area contributed by atoms with Crippen LogP contribution in [-0.4, -0.2) is 54.0 Å². The maximum absolute atomic E-state index is 5.77. The summed E-state index contributed by atoms with van der Waals surface area (Å²) in [5, 5.41) is 8.11. The summed E-state index contributed by atoms with van der Waals surface area (Å²) in [6, 6.07) is 10.2. The number of guanidine groups is 1. The second kappa shape index (κ2) is 11.5. The van der Waals surface area contributed by atoms with Crippen LogP contribution in [0.4, 0.5) is 0 Å². The molecule has 0 atom stereocenters. The summed E-state index contributed by atoms with van der Waals surface area (Å²) < 4.78 is 7.77. The lowest BCUT2D eigenvalue weighted by atomic mass is 10.2. The zero-order valence-corrected chi connectivity index (χ0v) is 20.3. The Labute approximate surface area is 191 Å². The van der Waals surface area contributed by atoms with Crippen molar-refractivity contribution in [3.05, 3.63) is 47.3 Å². The molecular formula is C22H34IN5O. The molecule has 7 heteroatoms. The van der Waals surface area contributed by atoms with Gasteiger partial charge in [-0.3, -0.25) is 0 Å². The van der Waals surface area contributed by atoms with Crippen molar-refractivity contribution in [1.29, 1.82) is 0 Å². The summed E-state index contributed by atoms with van der Waals surface area (Å²) in [6.45, 7) is 10.2. The first-order valence-electron chi connectivity index (χ1n) is 10.3. The van der Waals surface area contributed by atoms with Gasteiger partial charge < -0.3 is 15.0 Å². The Morgan fingerprint density at radius 1 is 1.28 bits per heavy atom. The number of nitrogens with one attached hydrogen (secondary N) is 1. The van der Waals surface area contributed by atoms with E-state index >= 15 is 0 Å². The van der Waals surface area contributed by atoms with E-state index in [1.54, 1.807) is 0 Å². The van der Waals surface area contributed by atoms with Crippen LogP contribution in [0.2, 0.25) is 0 Å². The summed E-state index contributed by atoms with van der Waals surface area (Å²) in [7, 11) is 2.06. The van der Waals surface area contributed by atoms with Gasteiger partial charge >= 0.3 is 0 Å². The highest BCUT2D eigenvalue weighted by Crippen LogP contribution is 2.28. The summed E-state index contributed by atoms with van der Waals surface area (Å²) >= 11 is 0. The lowest BCUT2D eigenvalue weighted by Crippen LogP contribution is -2.40. The van der Waals surface area contributed by atoms with Crippen molar-refractivity contribution in [2.45, 2.75) is 40.2 Å². The minimum atomic E-state index is 0. The number of aryl methyl sites for hydroxylation is 1. The van der Waals surface area contributed by atoms with Gasteiger partial charge in [-0.2, -0.15) is 5.10 Å². The van der Waals surface area contributed by atoms with Crippen molar-refractivity contribution in [2.75, 3.05) is 33.4 Å². The second-order valence-electron chi connectivity index (χ2n) is 7.51. The van der Waals surface area contributed by atoms with Crippen LogP contribution in [0.5, 0.6) is 0 Å². The number of benzene rings is 1. The quantitative estimate of drug-likeness (QED) is 0.240. The number of halogens is 1. The van der Waals surface area contributed by atoms with E-state index in [1.807, 2.05) is 22.9 Å². The van der Waals surface area contributed by atoms with Crippen LogP contribution in [-0.2, 0) is 11.3 Å². The zero-order chi connectivity index (χ0) is 19.9. The largest absolute Gasteiger partial charge is 0.379 e. The normalized spacial score (nSPS) is 13.9. The van der Waals surface area contributed by atoms with E-state index in [2.05, 4.69) is 50.2 Å². The highest BCUT2D eigenvalue weighted by atomic mass is 127. The predicted octanol–water partition coefficient (Wildman–Crippen LogP) is 3.93. The maximum atomic E-state index is 5.77. The Morgan fingerprint density at radius 2 is 2.00 bits per heavy atom. The van der Waals surface area contributed by atoms with Crippen molar-refractivity contribution in [3.63, 3.8) is 0 Å². The molecule has 0 amide bonds. The first-order chi connectivity index (χ1) is 13.6. The third-order valence-electron chi connectivity index (χ3n) is 5.15. The standard InChI is InChI=1S/C22H33N5O.HI/c1-5-23-22(26(4)13-14-28-16-19-11-12-19)24-15-21-17(2)25-27(18(21)3)20-9-7-6-8-10-20;/h6-10,19H,5,11-16H2,1-4H3,(H,23,24);1H. The van der Waals surface area contributed by atoms with Crippen molar-refractivity contribution in [3.8, 4) is 5.69 Å². The van der Waals surface area contributed by atoms with Gasteiger partial charge in [-0.15, -0.1) is 24.0 Å². The molecule has 1 saturated carbocycles. The van der Waals surface area contributed by atoms with Gasteiger partial charge in [0.25, 0.3) is 0 Å². The SMILES string of the molecule is CCNC(=NCc1c(C)nn(-c2ccccc2)c1C)N(C)CCOCC1CC1.I. The molecule has 0 aliphatic heterocycles. The number of nitrogens with zero attached hydrogens (tertiary/aromatic N) is 4. The molecule has 160 valence electrons. The third-order valence-corrected chi connectivity index (χ3v) is 5.15. The van der Waals surface area contributed by atoms with Crippen molar-refractivity contribution >= 4 is 29.9 Å². The molecule has 0 unspecified atom stereocenters. The minimum Gasteiger partial charge on any atom is -0.379 e. The molecule has 1 aromatic heterocycles. The van der Waals surface area contributed by atoms with E-state index < -0.39 is 0 Å². The summed E-state index contributed by atoms with van der Waals surface area (Å²) in [4.78, 5) is 7.00. The van der Waals surface area contributed by atoms with Crippen LogP contribution in [0.15, 0.2) is 35.3 Å². The van der Waals surface area contributed by atoms with Crippen molar-refractivity contribution in [1.82, 2.24) is 20.0 Å². The maximum Gasteiger partial charge on any atom is 0.194 e. The van der Waals surface area contributed by atoms with E-state index in [-0.39, 0.29) is 24.0 Å². The summed E-state index contributed by atoms with van der Waals surface area (Å²) in [5.41, 5.74) is 4.42. The fourth-order valence-electron chi connectivity index (χ4n) is 3.19. The number of hydrogen-bond donors (Lipinski definition) is 1. The topological polar surface area (TPSA) is 54.7 Å². The molecule has 29 heavy (non-hydrogen) atoms. The number of aliphatic imine (C=N–C) groups is 1.